The number of hydrogen-bond acceptors (Lipinski definition) is 4. The fraction of sp³-hybridized carbons (Fsp3) is 0.455. The van der Waals surface area contributed by atoms with Crippen molar-refractivity contribution < 1.29 is 14.2 Å². The van der Waals surface area contributed by atoms with Crippen molar-refractivity contribution in [2.45, 2.75) is 0 Å². The standard InChI is InChI=1S/C11H16ClNO3/c1-14-5-4-13-9-7-10(15-2)8(12)6-11(9)16-3/h6-7,13H,4-5H2,1-3H3. The van der Waals surface area contributed by atoms with Gasteiger partial charge in [-0.25, -0.2) is 0 Å². The molecule has 0 heterocycles. The minimum atomic E-state index is 0.525. The lowest BCUT2D eigenvalue weighted by Gasteiger charge is -2.13. The quantitative estimate of drug-likeness (QED) is 0.782. The zero-order chi connectivity index (χ0) is 12.0. The summed E-state index contributed by atoms with van der Waals surface area (Å²) in [4.78, 5) is 0. The normalized spacial score (nSPS) is 10.0. The first kappa shape index (κ1) is 12.9. The lowest BCUT2D eigenvalue weighted by Crippen LogP contribution is -2.08. The maximum absolute atomic E-state index is 5.98. The number of rotatable bonds is 6. The van der Waals surface area contributed by atoms with E-state index < -0.39 is 0 Å². The molecule has 0 aliphatic heterocycles. The smallest absolute Gasteiger partial charge is 0.143 e. The van der Waals surface area contributed by atoms with Crippen LogP contribution in [0.2, 0.25) is 5.02 Å². The van der Waals surface area contributed by atoms with Gasteiger partial charge >= 0.3 is 0 Å². The van der Waals surface area contributed by atoms with Crippen molar-refractivity contribution in [2.75, 3.05) is 39.8 Å². The predicted octanol–water partition coefficient (Wildman–Crippen LogP) is 2.42. The highest BCUT2D eigenvalue weighted by atomic mass is 35.5. The Bertz CT molecular complexity index is 344. The zero-order valence-corrected chi connectivity index (χ0v) is 10.4. The molecule has 0 fully saturated rings. The van der Waals surface area contributed by atoms with Crippen LogP contribution in [0, 0.1) is 0 Å². The molecule has 0 amide bonds. The van der Waals surface area contributed by atoms with Crippen molar-refractivity contribution in [2.24, 2.45) is 0 Å². The molecular weight excluding hydrogens is 230 g/mol. The molecule has 1 aromatic rings. The fourth-order valence-electron chi connectivity index (χ4n) is 1.29. The summed E-state index contributed by atoms with van der Waals surface area (Å²) in [6.07, 6.45) is 0. The van der Waals surface area contributed by atoms with Crippen molar-refractivity contribution in [1.29, 1.82) is 0 Å². The highest BCUT2D eigenvalue weighted by Crippen LogP contribution is 2.35. The Kier molecular flexibility index (Phi) is 5.22. The predicted molar refractivity (Wildman–Crippen MR) is 64.9 cm³/mol. The molecule has 0 atom stereocenters. The van der Waals surface area contributed by atoms with Crippen molar-refractivity contribution >= 4 is 17.3 Å². The Hall–Kier alpha value is -1.13. The molecule has 16 heavy (non-hydrogen) atoms. The molecule has 0 radical (unpaired) electrons. The summed E-state index contributed by atoms with van der Waals surface area (Å²) in [6, 6.07) is 3.52. The van der Waals surface area contributed by atoms with Crippen LogP contribution in [0.1, 0.15) is 0 Å². The molecule has 1 rings (SSSR count). The van der Waals surface area contributed by atoms with Gasteiger partial charge in [0.05, 0.1) is 31.5 Å². The molecule has 0 bridgehead atoms. The number of nitrogens with one attached hydrogen (secondary N) is 1. The van der Waals surface area contributed by atoms with E-state index >= 15 is 0 Å². The molecule has 90 valence electrons. The number of benzene rings is 1. The summed E-state index contributed by atoms with van der Waals surface area (Å²) in [7, 11) is 4.83. The molecule has 4 nitrogen and oxygen atoms in total. The molecule has 5 heteroatoms. The SMILES string of the molecule is COCCNc1cc(OC)c(Cl)cc1OC. The van der Waals surface area contributed by atoms with Crippen LogP contribution >= 0.6 is 11.6 Å². The summed E-state index contributed by atoms with van der Waals surface area (Å²) in [5.41, 5.74) is 0.834. The molecule has 0 aromatic heterocycles. The van der Waals surface area contributed by atoms with Crippen molar-refractivity contribution in [3.8, 4) is 11.5 Å². The zero-order valence-electron chi connectivity index (χ0n) is 9.67. The number of anilines is 1. The average Bonchev–Trinajstić information content (AvgIpc) is 2.30. The monoisotopic (exact) mass is 245 g/mol. The largest absolute Gasteiger partial charge is 0.495 e. The summed E-state index contributed by atoms with van der Waals surface area (Å²) >= 11 is 5.98. The van der Waals surface area contributed by atoms with Gasteiger partial charge < -0.3 is 19.5 Å². The summed E-state index contributed by atoms with van der Waals surface area (Å²) in [6.45, 7) is 1.31. The van der Waals surface area contributed by atoms with Crippen LogP contribution < -0.4 is 14.8 Å². The Labute approximate surface area is 100 Å². The second-order valence-corrected chi connectivity index (χ2v) is 3.51. The summed E-state index contributed by atoms with van der Waals surface area (Å²) in [5, 5.41) is 3.70. The lowest BCUT2D eigenvalue weighted by molar-refractivity contribution is 0.210. The van der Waals surface area contributed by atoms with E-state index in [1.807, 2.05) is 0 Å². The molecule has 0 aliphatic rings. The van der Waals surface area contributed by atoms with E-state index in [2.05, 4.69) is 5.32 Å². The fourth-order valence-corrected chi connectivity index (χ4v) is 1.52. The molecule has 0 saturated heterocycles. The third-order valence-corrected chi connectivity index (χ3v) is 2.39. The Morgan fingerprint density at radius 1 is 1.12 bits per heavy atom. The van der Waals surface area contributed by atoms with Gasteiger partial charge in [0.1, 0.15) is 11.5 Å². The van der Waals surface area contributed by atoms with Gasteiger partial charge in [0, 0.05) is 25.8 Å². The average molecular weight is 246 g/mol. The van der Waals surface area contributed by atoms with E-state index in [1.165, 1.54) is 0 Å². The maximum atomic E-state index is 5.98. The number of hydrogen-bond donors (Lipinski definition) is 1. The van der Waals surface area contributed by atoms with Gasteiger partial charge in [0.25, 0.3) is 0 Å². The van der Waals surface area contributed by atoms with E-state index in [0.717, 1.165) is 5.69 Å². The number of methoxy groups -OCH3 is 3. The van der Waals surface area contributed by atoms with Gasteiger partial charge in [-0.2, -0.15) is 0 Å². The van der Waals surface area contributed by atoms with Crippen LogP contribution in [-0.4, -0.2) is 34.5 Å². The van der Waals surface area contributed by atoms with Gasteiger partial charge in [-0.05, 0) is 0 Å². The topological polar surface area (TPSA) is 39.7 Å². The van der Waals surface area contributed by atoms with Gasteiger partial charge in [-0.1, -0.05) is 11.6 Å². The van der Waals surface area contributed by atoms with Crippen molar-refractivity contribution in [3.63, 3.8) is 0 Å². The third kappa shape index (κ3) is 3.18. The van der Waals surface area contributed by atoms with E-state index in [1.54, 1.807) is 33.5 Å². The van der Waals surface area contributed by atoms with Crippen LogP contribution in [-0.2, 0) is 4.74 Å². The van der Waals surface area contributed by atoms with Gasteiger partial charge in [-0.15, -0.1) is 0 Å². The Morgan fingerprint density at radius 3 is 2.38 bits per heavy atom. The van der Waals surface area contributed by atoms with Crippen LogP contribution in [0.4, 0.5) is 5.69 Å². The minimum absolute atomic E-state index is 0.525. The molecule has 1 N–H and O–H groups in total. The number of ether oxygens (including phenoxy) is 3. The first-order valence-corrected chi connectivity index (χ1v) is 5.25. The third-order valence-electron chi connectivity index (χ3n) is 2.10. The Balaban J connectivity index is 2.86. The van der Waals surface area contributed by atoms with Gasteiger partial charge in [0.15, 0.2) is 0 Å². The molecule has 0 aliphatic carbocycles. The second-order valence-electron chi connectivity index (χ2n) is 3.11. The molecule has 0 saturated carbocycles. The van der Waals surface area contributed by atoms with Crippen LogP contribution in [0.25, 0.3) is 0 Å². The molecular formula is C11H16ClNO3. The van der Waals surface area contributed by atoms with Crippen LogP contribution in [0.5, 0.6) is 11.5 Å². The van der Waals surface area contributed by atoms with E-state index in [4.69, 9.17) is 25.8 Å². The summed E-state index contributed by atoms with van der Waals surface area (Å²) in [5.74, 6) is 1.30. The van der Waals surface area contributed by atoms with E-state index in [-0.39, 0.29) is 0 Å². The second kappa shape index (κ2) is 6.45. The van der Waals surface area contributed by atoms with E-state index in [0.29, 0.717) is 29.7 Å². The van der Waals surface area contributed by atoms with Crippen LogP contribution in [0.3, 0.4) is 0 Å². The molecule has 1 aromatic carbocycles. The van der Waals surface area contributed by atoms with Crippen molar-refractivity contribution in [1.82, 2.24) is 0 Å². The van der Waals surface area contributed by atoms with Crippen LogP contribution in [0.15, 0.2) is 12.1 Å². The highest BCUT2D eigenvalue weighted by Gasteiger charge is 2.09. The minimum Gasteiger partial charge on any atom is -0.495 e. The highest BCUT2D eigenvalue weighted by molar-refractivity contribution is 6.32. The lowest BCUT2D eigenvalue weighted by atomic mass is 10.2. The molecule has 0 spiro atoms. The van der Waals surface area contributed by atoms with E-state index in [9.17, 15) is 0 Å². The maximum Gasteiger partial charge on any atom is 0.143 e. The number of halogens is 1. The summed E-state index contributed by atoms with van der Waals surface area (Å²) < 4.78 is 15.3. The van der Waals surface area contributed by atoms with Gasteiger partial charge in [-0.3, -0.25) is 0 Å². The van der Waals surface area contributed by atoms with Crippen molar-refractivity contribution in [3.05, 3.63) is 17.2 Å². The van der Waals surface area contributed by atoms with Gasteiger partial charge in [0.2, 0.25) is 0 Å². The molecule has 0 unspecified atom stereocenters. The first-order chi connectivity index (χ1) is 7.72. The first-order valence-electron chi connectivity index (χ1n) is 4.87. The Morgan fingerprint density at radius 2 is 1.81 bits per heavy atom.